The summed E-state index contributed by atoms with van der Waals surface area (Å²) in [5.41, 5.74) is 2.69. The summed E-state index contributed by atoms with van der Waals surface area (Å²) in [5.74, 6) is 0. The number of benzene rings is 1. The summed E-state index contributed by atoms with van der Waals surface area (Å²) in [5, 5.41) is 13.2. The monoisotopic (exact) mass is 250 g/mol. The smallest absolute Gasteiger partial charge is 0.274 e. The molecular weight excluding hydrogens is 240 g/mol. The molecule has 0 aliphatic carbocycles. The van der Waals surface area contributed by atoms with Crippen molar-refractivity contribution in [1.29, 1.82) is 5.26 Å². The molecule has 1 N–H and O–H groups in total. The highest BCUT2D eigenvalue weighted by Crippen LogP contribution is 2.17. The van der Waals surface area contributed by atoms with Crippen LogP contribution in [0.2, 0.25) is 0 Å². The summed E-state index contributed by atoms with van der Waals surface area (Å²) in [4.78, 5) is 15.1. The number of hydrogen-bond acceptors (Lipinski definition) is 3. The number of fused-ring (bicyclic) bond motifs is 1. The van der Waals surface area contributed by atoms with E-state index in [-0.39, 0.29) is 5.56 Å². The molecule has 5 nitrogen and oxygen atoms in total. The van der Waals surface area contributed by atoms with E-state index in [4.69, 9.17) is 5.26 Å². The van der Waals surface area contributed by atoms with Gasteiger partial charge >= 0.3 is 0 Å². The van der Waals surface area contributed by atoms with Crippen molar-refractivity contribution in [2.45, 2.75) is 6.92 Å². The van der Waals surface area contributed by atoms with Gasteiger partial charge in [0, 0.05) is 6.07 Å². The van der Waals surface area contributed by atoms with Crippen molar-refractivity contribution < 1.29 is 0 Å². The molecule has 92 valence electrons. The summed E-state index contributed by atoms with van der Waals surface area (Å²) in [6.45, 7) is 1.71. The van der Waals surface area contributed by atoms with Crippen LogP contribution < -0.4 is 5.56 Å². The van der Waals surface area contributed by atoms with E-state index in [2.05, 4.69) is 16.2 Å². The zero-order chi connectivity index (χ0) is 13.4. The lowest BCUT2D eigenvalue weighted by molar-refractivity contribution is 0.882. The minimum Gasteiger partial charge on any atom is -0.338 e. The quantitative estimate of drug-likeness (QED) is 0.716. The predicted octanol–water partition coefficient (Wildman–Crippen LogP) is 1.87. The van der Waals surface area contributed by atoms with Crippen molar-refractivity contribution in [2.75, 3.05) is 0 Å². The number of aromatic amines is 1. The highest BCUT2D eigenvalue weighted by Gasteiger charge is 2.12. The minimum absolute atomic E-state index is 0.253. The fourth-order valence-electron chi connectivity index (χ4n) is 2.06. The van der Waals surface area contributed by atoms with Gasteiger partial charge in [0.25, 0.3) is 5.56 Å². The van der Waals surface area contributed by atoms with Crippen LogP contribution >= 0.6 is 0 Å². The van der Waals surface area contributed by atoms with Gasteiger partial charge in [-0.15, -0.1) is 0 Å². The second-order valence-corrected chi connectivity index (χ2v) is 4.22. The molecule has 0 fully saturated rings. The Hall–Kier alpha value is -2.87. The van der Waals surface area contributed by atoms with Crippen molar-refractivity contribution in [3.63, 3.8) is 0 Å². The first kappa shape index (κ1) is 11.2. The Labute approximate surface area is 108 Å². The molecule has 0 atom stereocenters. The van der Waals surface area contributed by atoms with Gasteiger partial charge in [0.15, 0.2) is 5.65 Å². The van der Waals surface area contributed by atoms with Gasteiger partial charge in [-0.1, -0.05) is 30.3 Å². The molecule has 0 aliphatic rings. The number of aryl methyl sites for hydroxylation is 1. The van der Waals surface area contributed by atoms with Crippen LogP contribution in [-0.2, 0) is 0 Å². The van der Waals surface area contributed by atoms with E-state index < -0.39 is 0 Å². The van der Waals surface area contributed by atoms with Crippen molar-refractivity contribution >= 4 is 5.65 Å². The maximum absolute atomic E-state index is 12.0. The molecule has 0 saturated heterocycles. The molecule has 0 amide bonds. The molecule has 0 spiro atoms. The number of hydrogen-bond donors (Lipinski definition) is 1. The Morgan fingerprint density at radius 2 is 2.05 bits per heavy atom. The first-order chi connectivity index (χ1) is 9.20. The van der Waals surface area contributed by atoms with Gasteiger partial charge < -0.3 is 4.98 Å². The first-order valence-corrected chi connectivity index (χ1v) is 5.79. The van der Waals surface area contributed by atoms with Crippen LogP contribution in [0.15, 0.2) is 41.2 Å². The third-order valence-corrected chi connectivity index (χ3v) is 2.99. The molecule has 2 aromatic heterocycles. The second-order valence-electron chi connectivity index (χ2n) is 4.22. The largest absolute Gasteiger partial charge is 0.338 e. The topological polar surface area (TPSA) is 74.0 Å². The lowest BCUT2D eigenvalue weighted by Crippen LogP contribution is -2.14. The van der Waals surface area contributed by atoms with Crippen molar-refractivity contribution in [1.82, 2.24) is 14.6 Å². The van der Waals surface area contributed by atoms with E-state index in [9.17, 15) is 4.79 Å². The molecule has 0 saturated carbocycles. The normalized spacial score (nSPS) is 10.5. The predicted molar refractivity (Wildman–Crippen MR) is 70.7 cm³/mol. The first-order valence-electron chi connectivity index (χ1n) is 5.79. The average Bonchev–Trinajstić information content (AvgIpc) is 2.76. The number of nitrogens with one attached hydrogen (secondary N) is 1. The van der Waals surface area contributed by atoms with E-state index in [0.717, 1.165) is 5.56 Å². The average molecular weight is 250 g/mol. The van der Waals surface area contributed by atoms with Crippen LogP contribution in [0.5, 0.6) is 0 Å². The molecule has 3 aromatic rings. The van der Waals surface area contributed by atoms with Crippen LogP contribution in [0, 0.1) is 18.3 Å². The zero-order valence-electron chi connectivity index (χ0n) is 10.2. The van der Waals surface area contributed by atoms with Crippen molar-refractivity contribution in [2.24, 2.45) is 0 Å². The van der Waals surface area contributed by atoms with E-state index in [0.29, 0.717) is 22.6 Å². The van der Waals surface area contributed by atoms with Gasteiger partial charge in [-0.25, -0.2) is 0 Å². The fourth-order valence-corrected chi connectivity index (χ4v) is 2.06. The molecular formula is C14H10N4O. The SMILES string of the molecule is Cc1nn2c(=O)cc(-c3ccccc3)[nH]c2c1C#N. The number of nitrogens with zero attached hydrogens (tertiary/aromatic N) is 3. The van der Waals surface area contributed by atoms with Gasteiger partial charge in [0.2, 0.25) is 0 Å². The highest BCUT2D eigenvalue weighted by molar-refractivity contribution is 5.65. The van der Waals surface area contributed by atoms with Gasteiger partial charge in [0.1, 0.15) is 11.6 Å². The van der Waals surface area contributed by atoms with E-state index in [1.54, 1.807) is 6.92 Å². The summed E-state index contributed by atoms with van der Waals surface area (Å²) in [7, 11) is 0. The Bertz CT molecular complexity index is 853. The zero-order valence-corrected chi connectivity index (χ0v) is 10.2. The Balaban J connectivity index is 2.37. The fraction of sp³-hybridized carbons (Fsp3) is 0.0714. The van der Waals surface area contributed by atoms with E-state index >= 15 is 0 Å². The maximum atomic E-state index is 12.0. The van der Waals surface area contributed by atoms with Crippen molar-refractivity contribution in [3.8, 4) is 17.3 Å². The Morgan fingerprint density at radius 1 is 1.32 bits per heavy atom. The minimum atomic E-state index is -0.253. The van der Waals surface area contributed by atoms with E-state index in [1.807, 2.05) is 30.3 Å². The third-order valence-electron chi connectivity index (χ3n) is 2.99. The highest BCUT2D eigenvalue weighted by atomic mass is 16.1. The van der Waals surface area contributed by atoms with Gasteiger partial charge in [0.05, 0.1) is 11.4 Å². The molecule has 1 aromatic carbocycles. The third kappa shape index (κ3) is 1.70. The second kappa shape index (κ2) is 4.10. The lowest BCUT2D eigenvalue weighted by atomic mass is 10.1. The molecule has 19 heavy (non-hydrogen) atoms. The number of aromatic nitrogens is 3. The Morgan fingerprint density at radius 3 is 2.74 bits per heavy atom. The molecule has 3 rings (SSSR count). The molecule has 0 aliphatic heterocycles. The Kier molecular flexibility index (Phi) is 2.43. The summed E-state index contributed by atoms with van der Waals surface area (Å²) < 4.78 is 1.22. The number of rotatable bonds is 1. The molecule has 0 bridgehead atoms. The molecule has 0 radical (unpaired) electrons. The van der Waals surface area contributed by atoms with Crippen molar-refractivity contribution in [3.05, 3.63) is 58.0 Å². The van der Waals surface area contributed by atoms with E-state index in [1.165, 1.54) is 10.6 Å². The molecule has 0 unspecified atom stereocenters. The number of nitriles is 1. The maximum Gasteiger partial charge on any atom is 0.274 e. The summed E-state index contributed by atoms with van der Waals surface area (Å²) >= 11 is 0. The standard InChI is InChI=1S/C14H10N4O/c1-9-11(8-15)14-16-12(7-13(19)18(14)17-9)10-5-3-2-4-6-10/h2-7,16H,1H3. The molecule has 5 heteroatoms. The van der Waals surface area contributed by atoms with Crippen LogP contribution in [0.1, 0.15) is 11.3 Å². The summed E-state index contributed by atoms with van der Waals surface area (Å²) in [6, 6.07) is 13.0. The molecule has 2 heterocycles. The van der Waals surface area contributed by atoms with Gasteiger partial charge in [-0.3, -0.25) is 4.79 Å². The lowest BCUT2D eigenvalue weighted by Gasteiger charge is -2.02. The van der Waals surface area contributed by atoms with Crippen LogP contribution in [0.4, 0.5) is 0 Å². The van der Waals surface area contributed by atoms with Gasteiger partial charge in [-0.05, 0) is 12.5 Å². The summed E-state index contributed by atoms with van der Waals surface area (Å²) in [6.07, 6.45) is 0. The van der Waals surface area contributed by atoms with Gasteiger partial charge in [-0.2, -0.15) is 14.9 Å². The van der Waals surface area contributed by atoms with Crippen LogP contribution in [0.3, 0.4) is 0 Å². The number of H-pyrrole nitrogens is 1. The van der Waals surface area contributed by atoms with Crippen LogP contribution in [-0.4, -0.2) is 14.6 Å². The van der Waals surface area contributed by atoms with Crippen LogP contribution in [0.25, 0.3) is 16.9 Å².